The second-order valence-corrected chi connectivity index (χ2v) is 6.41. The van der Waals surface area contributed by atoms with Gasteiger partial charge in [-0.1, -0.05) is 24.3 Å². The van der Waals surface area contributed by atoms with Gasteiger partial charge >= 0.3 is 11.9 Å². The first kappa shape index (κ1) is 19.3. The van der Waals surface area contributed by atoms with E-state index in [2.05, 4.69) is 5.10 Å². The van der Waals surface area contributed by atoms with Gasteiger partial charge in [-0.05, 0) is 24.3 Å². The predicted molar refractivity (Wildman–Crippen MR) is 105 cm³/mol. The summed E-state index contributed by atoms with van der Waals surface area (Å²) in [6.07, 6.45) is 1.52. The molecule has 0 N–H and O–H groups in total. The summed E-state index contributed by atoms with van der Waals surface area (Å²) in [6.45, 7) is 0. The Hall–Kier alpha value is -4.07. The zero-order valence-corrected chi connectivity index (χ0v) is 16.0. The molecule has 0 saturated carbocycles. The summed E-state index contributed by atoms with van der Waals surface area (Å²) in [5.74, 6) is -2.85. The van der Waals surface area contributed by atoms with Crippen LogP contribution in [0.15, 0.2) is 54.7 Å². The summed E-state index contributed by atoms with van der Waals surface area (Å²) in [7, 11) is 2.32. The molecule has 0 amide bonds. The fraction of sp³-hybridized carbons (Fsp3) is 0.0909. The molecule has 0 fully saturated rings. The van der Waals surface area contributed by atoms with E-state index in [1.807, 2.05) is 0 Å². The van der Waals surface area contributed by atoms with Crippen LogP contribution in [0, 0.1) is 5.82 Å². The first-order valence-corrected chi connectivity index (χ1v) is 8.87. The summed E-state index contributed by atoms with van der Waals surface area (Å²) in [5, 5.41) is 5.59. The second kappa shape index (κ2) is 7.40. The maximum atomic E-state index is 13.3. The van der Waals surface area contributed by atoms with Crippen LogP contribution in [0.4, 0.5) is 4.39 Å². The van der Waals surface area contributed by atoms with E-state index < -0.39 is 23.5 Å². The van der Waals surface area contributed by atoms with Crippen LogP contribution in [-0.4, -0.2) is 41.6 Å². The lowest BCUT2D eigenvalue weighted by Crippen LogP contribution is -2.15. The van der Waals surface area contributed by atoms with Gasteiger partial charge in [0.05, 0.1) is 25.9 Å². The van der Waals surface area contributed by atoms with E-state index in [0.717, 1.165) is 19.2 Å². The number of esters is 2. The van der Waals surface area contributed by atoms with E-state index in [0.29, 0.717) is 10.8 Å². The summed E-state index contributed by atoms with van der Waals surface area (Å²) in [6, 6.07) is 11.9. The lowest BCUT2D eigenvalue weighted by atomic mass is 10.0. The highest BCUT2D eigenvalue weighted by Gasteiger charge is 2.34. The zero-order valence-electron chi connectivity index (χ0n) is 16.0. The molecule has 0 aliphatic rings. The van der Waals surface area contributed by atoms with E-state index in [-0.39, 0.29) is 27.9 Å². The molecule has 0 bridgehead atoms. The van der Waals surface area contributed by atoms with Crippen molar-refractivity contribution in [3.63, 3.8) is 0 Å². The number of rotatable bonds is 4. The van der Waals surface area contributed by atoms with E-state index in [1.165, 1.54) is 30.0 Å². The molecule has 4 aromatic rings. The van der Waals surface area contributed by atoms with Gasteiger partial charge in [-0.2, -0.15) is 5.10 Å². The summed E-state index contributed by atoms with van der Waals surface area (Å²) in [4.78, 5) is 38.7. The average Bonchev–Trinajstić information content (AvgIpc) is 3.13. The molecule has 0 spiro atoms. The van der Waals surface area contributed by atoms with Crippen molar-refractivity contribution in [2.75, 3.05) is 14.2 Å². The Morgan fingerprint density at radius 1 is 0.900 bits per heavy atom. The van der Waals surface area contributed by atoms with Crippen LogP contribution in [-0.2, 0) is 9.47 Å². The maximum absolute atomic E-state index is 13.3. The third kappa shape index (κ3) is 2.89. The van der Waals surface area contributed by atoms with Crippen LogP contribution in [0.5, 0.6) is 0 Å². The van der Waals surface area contributed by atoms with Gasteiger partial charge in [0, 0.05) is 16.3 Å². The number of ether oxygens (including phenoxy) is 2. The average molecular weight is 406 g/mol. The fourth-order valence-corrected chi connectivity index (χ4v) is 3.42. The van der Waals surface area contributed by atoms with Gasteiger partial charge in [-0.3, -0.25) is 4.79 Å². The minimum absolute atomic E-state index is 0.118. The molecule has 0 aliphatic heterocycles. The van der Waals surface area contributed by atoms with Crippen molar-refractivity contribution >= 4 is 34.0 Å². The molecule has 0 radical (unpaired) electrons. The van der Waals surface area contributed by atoms with Gasteiger partial charge in [-0.25, -0.2) is 18.5 Å². The number of benzene rings is 2. The Kier molecular flexibility index (Phi) is 4.75. The fourth-order valence-electron chi connectivity index (χ4n) is 3.42. The number of halogens is 1. The highest BCUT2D eigenvalue weighted by atomic mass is 19.1. The van der Waals surface area contributed by atoms with Crippen LogP contribution in [0.1, 0.15) is 36.8 Å². The molecule has 30 heavy (non-hydrogen) atoms. The van der Waals surface area contributed by atoms with Crippen molar-refractivity contribution in [2.45, 2.75) is 0 Å². The van der Waals surface area contributed by atoms with Crippen molar-refractivity contribution < 1.29 is 28.2 Å². The second-order valence-electron chi connectivity index (χ2n) is 6.41. The number of fused-ring (bicyclic) bond motifs is 3. The molecule has 0 aliphatic carbocycles. The van der Waals surface area contributed by atoms with Crippen molar-refractivity contribution in [2.24, 2.45) is 0 Å². The van der Waals surface area contributed by atoms with Crippen LogP contribution in [0.2, 0.25) is 0 Å². The van der Waals surface area contributed by atoms with Crippen molar-refractivity contribution in [3.8, 4) is 0 Å². The Morgan fingerprint density at radius 2 is 1.53 bits per heavy atom. The first-order chi connectivity index (χ1) is 14.5. The maximum Gasteiger partial charge on any atom is 0.341 e. The van der Waals surface area contributed by atoms with Gasteiger partial charge in [0.15, 0.2) is 0 Å². The SMILES string of the molecule is COC(=O)c1c(C(=O)OC)c2c3ccccc3cnn2c1C(=O)c1ccc(F)cc1. The molecule has 2 aromatic carbocycles. The van der Waals surface area contributed by atoms with Crippen LogP contribution >= 0.6 is 0 Å². The smallest absolute Gasteiger partial charge is 0.341 e. The highest BCUT2D eigenvalue weighted by Crippen LogP contribution is 2.31. The number of methoxy groups -OCH3 is 2. The number of carbonyl (C=O) groups is 3. The van der Waals surface area contributed by atoms with Crippen LogP contribution < -0.4 is 0 Å². The van der Waals surface area contributed by atoms with E-state index in [4.69, 9.17) is 9.47 Å². The minimum Gasteiger partial charge on any atom is -0.465 e. The van der Waals surface area contributed by atoms with Gasteiger partial charge in [-0.15, -0.1) is 0 Å². The molecule has 150 valence electrons. The Bertz CT molecular complexity index is 1330. The number of nitrogens with zero attached hydrogens (tertiary/aromatic N) is 2. The van der Waals surface area contributed by atoms with Crippen LogP contribution in [0.3, 0.4) is 0 Å². The molecule has 4 rings (SSSR count). The number of hydrogen-bond acceptors (Lipinski definition) is 6. The Labute approximate surface area is 169 Å². The van der Waals surface area contributed by atoms with Crippen LogP contribution in [0.25, 0.3) is 16.3 Å². The topological polar surface area (TPSA) is 87.0 Å². The molecule has 7 nitrogen and oxygen atoms in total. The number of ketones is 1. The highest BCUT2D eigenvalue weighted by molar-refractivity contribution is 6.22. The predicted octanol–water partition coefficient (Wildman–Crippen LogP) is 3.43. The number of aromatic nitrogens is 2. The molecule has 8 heteroatoms. The van der Waals surface area contributed by atoms with Gasteiger partial charge in [0.1, 0.15) is 22.6 Å². The summed E-state index contributed by atoms with van der Waals surface area (Å²) >= 11 is 0. The summed E-state index contributed by atoms with van der Waals surface area (Å²) in [5.41, 5.74) is -0.200. The van der Waals surface area contributed by atoms with Crippen molar-refractivity contribution in [1.29, 1.82) is 0 Å². The molecule has 0 saturated heterocycles. The number of carbonyl (C=O) groups excluding carboxylic acids is 3. The van der Waals surface area contributed by atoms with Gasteiger partial charge in [0.2, 0.25) is 5.78 Å². The largest absolute Gasteiger partial charge is 0.465 e. The quantitative estimate of drug-likeness (QED) is 0.381. The Balaban J connectivity index is 2.17. The third-order valence-corrected chi connectivity index (χ3v) is 4.78. The molecule has 0 atom stereocenters. The molecule has 2 heterocycles. The molecule has 0 unspecified atom stereocenters. The monoisotopic (exact) mass is 406 g/mol. The molecular weight excluding hydrogens is 391 g/mol. The van der Waals surface area contributed by atoms with E-state index in [1.54, 1.807) is 24.3 Å². The summed E-state index contributed by atoms with van der Waals surface area (Å²) < 4.78 is 24.3. The van der Waals surface area contributed by atoms with Crippen molar-refractivity contribution in [1.82, 2.24) is 9.61 Å². The minimum atomic E-state index is -0.893. The first-order valence-electron chi connectivity index (χ1n) is 8.87. The normalized spacial score (nSPS) is 10.9. The Morgan fingerprint density at radius 3 is 2.20 bits per heavy atom. The van der Waals surface area contributed by atoms with Gasteiger partial charge in [0.25, 0.3) is 0 Å². The third-order valence-electron chi connectivity index (χ3n) is 4.78. The zero-order chi connectivity index (χ0) is 21.4. The number of hydrogen-bond donors (Lipinski definition) is 0. The lowest BCUT2D eigenvalue weighted by Gasteiger charge is -2.05. The molecule has 2 aromatic heterocycles. The van der Waals surface area contributed by atoms with E-state index >= 15 is 0 Å². The van der Waals surface area contributed by atoms with Crippen molar-refractivity contribution in [3.05, 3.63) is 82.9 Å². The van der Waals surface area contributed by atoms with E-state index in [9.17, 15) is 18.8 Å². The standard InChI is InChI=1S/C22H15FN2O5/c1-29-21(27)16-17(22(28)30-2)19(20(26)12-7-9-14(23)10-8-12)25-18(16)15-6-4-3-5-13(15)11-24-25/h3-11H,1-2H3. The lowest BCUT2D eigenvalue weighted by molar-refractivity contribution is 0.0556. The molecular formula is C22H15FN2O5. The van der Waals surface area contributed by atoms with Gasteiger partial charge < -0.3 is 9.47 Å².